The molecule has 25 heavy (non-hydrogen) atoms. The highest BCUT2D eigenvalue weighted by Crippen LogP contribution is 2.17. The Bertz CT molecular complexity index is 676. The summed E-state index contributed by atoms with van der Waals surface area (Å²) in [6, 6.07) is 6.65. The molecule has 1 amide bonds. The number of aliphatic hydroxyl groups excluding tert-OH is 1. The predicted molar refractivity (Wildman–Crippen MR) is 98.3 cm³/mol. The van der Waals surface area contributed by atoms with Gasteiger partial charge in [-0.05, 0) is 43.7 Å². The second kappa shape index (κ2) is 8.64. The molecule has 0 radical (unpaired) electrons. The summed E-state index contributed by atoms with van der Waals surface area (Å²) in [5, 5.41) is 12.3. The first-order valence-electron chi connectivity index (χ1n) is 8.50. The van der Waals surface area contributed by atoms with E-state index >= 15 is 0 Å². The number of piperidine rings is 1. The minimum absolute atomic E-state index is 0.156. The normalized spacial score (nSPS) is 18.8. The molecule has 7 nitrogen and oxygen atoms in total. The average Bonchev–Trinajstić information content (AvgIpc) is 2.60. The molecule has 1 atom stereocenters. The third kappa shape index (κ3) is 5.42. The Hall–Kier alpha value is -1.64. The van der Waals surface area contributed by atoms with Crippen molar-refractivity contribution in [2.24, 2.45) is 0 Å². The van der Waals surface area contributed by atoms with Gasteiger partial charge in [-0.15, -0.1) is 0 Å². The number of aliphatic hydroxyl groups is 1. The molecular formula is C17H27N3O4S. The van der Waals surface area contributed by atoms with E-state index in [4.69, 9.17) is 0 Å². The van der Waals surface area contributed by atoms with Crippen molar-refractivity contribution < 1.29 is 18.3 Å². The summed E-state index contributed by atoms with van der Waals surface area (Å²) in [6.07, 6.45) is 4.40. The topological polar surface area (TPSA) is 89.9 Å². The lowest BCUT2D eigenvalue weighted by Gasteiger charge is -2.34. The van der Waals surface area contributed by atoms with Crippen LogP contribution >= 0.6 is 0 Å². The predicted octanol–water partition coefficient (Wildman–Crippen LogP) is 0.659. The van der Waals surface area contributed by atoms with Crippen molar-refractivity contribution in [1.82, 2.24) is 10.2 Å². The summed E-state index contributed by atoms with van der Waals surface area (Å²) >= 11 is 0. The average molecular weight is 369 g/mol. The number of nitrogens with zero attached hydrogens (tertiary/aromatic N) is 2. The fraction of sp³-hybridized carbons (Fsp3) is 0.588. The Balaban J connectivity index is 1.86. The van der Waals surface area contributed by atoms with Crippen LogP contribution < -0.4 is 9.62 Å². The third-order valence-electron chi connectivity index (χ3n) is 4.63. The molecule has 1 aliphatic rings. The van der Waals surface area contributed by atoms with Crippen molar-refractivity contribution in [3.05, 3.63) is 29.8 Å². The van der Waals surface area contributed by atoms with Crippen LogP contribution in [0.2, 0.25) is 0 Å². The fourth-order valence-corrected chi connectivity index (χ4v) is 3.50. The second-order valence-electron chi connectivity index (χ2n) is 6.40. The first-order valence-corrected chi connectivity index (χ1v) is 10.3. The molecule has 0 aromatic heterocycles. The Labute approximate surface area is 149 Å². The largest absolute Gasteiger partial charge is 0.395 e. The van der Waals surface area contributed by atoms with Crippen LogP contribution in [0.4, 0.5) is 5.69 Å². The van der Waals surface area contributed by atoms with Crippen LogP contribution in [0.1, 0.15) is 29.6 Å². The summed E-state index contributed by atoms with van der Waals surface area (Å²) in [6.45, 7) is 2.34. The van der Waals surface area contributed by atoms with Crippen molar-refractivity contribution >= 4 is 21.6 Å². The summed E-state index contributed by atoms with van der Waals surface area (Å²) in [5.74, 6) is -0.189. The van der Waals surface area contributed by atoms with Gasteiger partial charge >= 0.3 is 0 Å². The van der Waals surface area contributed by atoms with E-state index in [1.54, 1.807) is 24.3 Å². The first-order chi connectivity index (χ1) is 11.8. The standard InChI is InChI=1S/C17H27N3O4S/c1-19(25(2,23)24)15-8-6-14(7-9-15)17(22)18-10-12-20-11-4-3-5-16(20)13-21/h6-9,16,21H,3-5,10-13H2,1-2H3,(H,18,22). The lowest BCUT2D eigenvalue weighted by Crippen LogP contribution is -2.45. The van der Waals surface area contributed by atoms with Crippen LogP contribution in [0.25, 0.3) is 0 Å². The van der Waals surface area contributed by atoms with Crippen molar-refractivity contribution in [3.63, 3.8) is 0 Å². The van der Waals surface area contributed by atoms with Gasteiger partial charge in [-0.1, -0.05) is 6.42 Å². The molecule has 0 aliphatic carbocycles. The minimum Gasteiger partial charge on any atom is -0.395 e. The number of hydrogen-bond donors (Lipinski definition) is 2. The van der Waals surface area contributed by atoms with Crippen LogP contribution in [-0.2, 0) is 10.0 Å². The molecule has 1 saturated heterocycles. The molecule has 2 N–H and O–H groups in total. The van der Waals surface area contributed by atoms with Crippen LogP contribution in [0.15, 0.2) is 24.3 Å². The molecule has 0 saturated carbocycles. The van der Waals surface area contributed by atoms with E-state index in [0.717, 1.165) is 32.1 Å². The fourth-order valence-electron chi connectivity index (χ4n) is 2.99. The molecule has 0 bridgehead atoms. The zero-order valence-electron chi connectivity index (χ0n) is 14.8. The van der Waals surface area contributed by atoms with E-state index in [0.29, 0.717) is 24.3 Å². The molecule has 1 aliphatic heterocycles. The smallest absolute Gasteiger partial charge is 0.251 e. The van der Waals surface area contributed by atoms with Gasteiger partial charge in [0.2, 0.25) is 10.0 Å². The lowest BCUT2D eigenvalue weighted by atomic mass is 10.0. The number of sulfonamides is 1. The van der Waals surface area contributed by atoms with Gasteiger partial charge in [0.1, 0.15) is 0 Å². The maximum Gasteiger partial charge on any atom is 0.251 e. The highest BCUT2D eigenvalue weighted by atomic mass is 32.2. The van der Waals surface area contributed by atoms with Gasteiger partial charge in [0, 0.05) is 31.7 Å². The maximum absolute atomic E-state index is 12.2. The number of nitrogens with one attached hydrogen (secondary N) is 1. The molecule has 0 spiro atoms. The second-order valence-corrected chi connectivity index (χ2v) is 8.42. The maximum atomic E-state index is 12.2. The lowest BCUT2D eigenvalue weighted by molar-refractivity contribution is 0.0849. The Morgan fingerprint density at radius 1 is 1.32 bits per heavy atom. The van der Waals surface area contributed by atoms with Crippen molar-refractivity contribution in [2.45, 2.75) is 25.3 Å². The highest BCUT2D eigenvalue weighted by Gasteiger charge is 2.21. The Morgan fingerprint density at radius 3 is 2.60 bits per heavy atom. The van der Waals surface area contributed by atoms with Crippen molar-refractivity contribution in [3.8, 4) is 0 Å². The van der Waals surface area contributed by atoms with Crippen LogP contribution in [0.5, 0.6) is 0 Å². The molecule has 1 aromatic rings. The Kier molecular flexibility index (Phi) is 6.80. The van der Waals surface area contributed by atoms with Crippen LogP contribution in [0, 0.1) is 0 Å². The quantitative estimate of drug-likeness (QED) is 0.737. The highest BCUT2D eigenvalue weighted by molar-refractivity contribution is 7.92. The minimum atomic E-state index is -3.32. The summed E-state index contributed by atoms with van der Waals surface area (Å²) < 4.78 is 24.2. The summed E-state index contributed by atoms with van der Waals surface area (Å²) in [4.78, 5) is 14.4. The molecule has 1 aromatic carbocycles. The number of likely N-dealkylation sites (tertiary alicyclic amines) is 1. The number of benzene rings is 1. The molecule has 2 rings (SSSR count). The molecule has 140 valence electrons. The van der Waals surface area contributed by atoms with E-state index in [-0.39, 0.29) is 18.6 Å². The van der Waals surface area contributed by atoms with Crippen LogP contribution in [0.3, 0.4) is 0 Å². The zero-order valence-corrected chi connectivity index (χ0v) is 15.6. The molecule has 8 heteroatoms. The number of carbonyl (C=O) groups excluding carboxylic acids is 1. The van der Waals surface area contributed by atoms with Gasteiger partial charge in [0.15, 0.2) is 0 Å². The van der Waals surface area contributed by atoms with E-state index < -0.39 is 10.0 Å². The molecule has 1 heterocycles. The third-order valence-corrected chi connectivity index (χ3v) is 5.84. The SMILES string of the molecule is CN(c1ccc(C(=O)NCCN2CCCCC2CO)cc1)S(C)(=O)=O. The van der Waals surface area contributed by atoms with E-state index in [2.05, 4.69) is 10.2 Å². The number of hydrogen-bond acceptors (Lipinski definition) is 5. The van der Waals surface area contributed by atoms with E-state index in [1.165, 1.54) is 11.4 Å². The first kappa shape index (κ1) is 19.7. The van der Waals surface area contributed by atoms with Gasteiger partial charge in [0.05, 0.1) is 18.6 Å². The van der Waals surface area contributed by atoms with Gasteiger partial charge in [-0.25, -0.2) is 8.42 Å². The van der Waals surface area contributed by atoms with E-state index in [1.807, 2.05) is 0 Å². The molecule has 1 unspecified atom stereocenters. The zero-order chi connectivity index (χ0) is 18.4. The number of carbonyl (C=O) groups is 1. The van der Waals surface area contributed by atoms with E-state index in [9.17, 15) is 18.3 Å². The Morgan fingerprint density at radius 2 is 2.00 bits per heavy atom. The van der Waals surface area contributed by atoms with Gasteiger partial charge in [0.25, 0.3) is 5.91 Å². The van der Waals surface area contributed by atoms with Crippen LogP contribution in [-0.4, -0.2) is 69.9 Å². The molecular weight excluding hydrogens is 342 g/mol. The molecule has 1 fully saturated rings. The number of anilines is 1. The van der Waals surface area contributed by atoms with Gasteiger partial charge in [-0.3, -0.25) is 14.0 Å². The van der Waals surface area contributed by atoms with Gasteiger partial charge in [-0.2, -0.15) is 0 Å². The van der Waals surface area contributed by atoms with Crippen molar-refractivity contribution in [1.29, 1.82) is 0 Å². The monoisotopic (exact) mass is 369 g/mol. The van der Waals surface area contributed by atoms with Crippen molar-refractivity contribution in [2.75, 3.05) is 43.8 Å². The summed E-state index contributed by atoms with van der Waals surface area (Å²) in [7, 11) is -1.84. The summed E-state index contributed by atoms with van der Waals surface area (Å²) in [5.41, 5.74) is 1.00. The van der Waals surface area contributed by atoms with Gasteiger partial charge < -0.3 is 10.4 Å². The number of rotatable bonds is 7. The number of amides is 1.